The summed E-state index contributed by atoms with van der Waals surface area (Å²) in [5, 5.41) is 7.83. The molecule has 2 N–H and O–H groups in total. The number of nitrogens with one attached hydrogen (secondary N) is 2. The molecule has 0 unspecified atom stereocenters. The molecule has 0 radical (unpaired) electrons. The molecule has 8 heteroatoms. The summed E-state index contributed by atoms with van der Waals surface area (Å²) in [6.45, 7) is 0. The number of benzene rings is 3. The summed E-state index contributed by atoms with van der Waals surface area (Å²) in [5.74, 6) is 0.556. The SMILES string of the molecule is COc1cc2ccccc2cc1C(=O)NC(=S)Nc1cccc(-c2nc3ncccc3o2)c1. The average molecular weight is 455 g/mol. The van der Waals surface area contributed by atoms with E-state index >= 15 is 0 Å². The Morgan fingerprint density at radius 3 is 2.61 bits per heavy atom. The molecule has 0 aliphatic carbocycles. The van der Waals surface area contributed by atoms with Crippen molar-refractivity contribution >= 4 is 50.9 Å². The lowest BCUT2D eigenvalue weighted by Crippen LogP contribution is -2.34. The number of thiocarbonyl (C=S) groups is 1. The van der Waals surface area contributed by atoms with E-state index in [-0.39, 0.29) is 11.0 Å². The number of carbonyl (C=O) groups excluding carboxylic acids is 1. The minimum atomic E-state index is -0.365. The van der Waals surface area contributed by atoms with Crippen LogP contribution in [0.3, 0.4) is 0 Å². The van der Waals surface area contributed by atoms with Crippen LogP contribution in [0.5, 0.6) is 5.75 Å². The second kappa shape index (κ2) is 8.68. The minimum Gasteiger partial charge on any atom is -0.496 e. The Labute approximate surface area is 194 Å². The maximum absolute atomic E-state index is 12.9. The van der Waals surface area contributed by atoms with E-state index in [0.29, 0.717) is 34.1 Å². The van der Waals surface area contributed by atoms with Crippen molar-refractivity contribution in [3.63, 3.8) is 0 Å². The van der Waals surface area contributed by atoms with Gasteiger partial charge in [-0.1, -0.05) is 30.3 Å². The van der Waals surface area contributed by atoms with Crippen molar-refractivity contribution in [2.24, 2.45) is 0 Å². The summed E-state index contributed by atoms with van der Waals surface area (Å²) in [5.41, 5.74) is 2.98. The number of fused-ring (bicyclic) bond motifs is 2. The summed E-state index contributed by atoms with van der Waals surface area (Å²) >= 11 is 5.37. The predicted octanol–water partition coefficient (Wildman–Crippen LogP) is 5.18. The van der Waals surface area contributed by atoms with Crippen LogP contribution < -0.4 is 15.4 Å². The van der Waals surface area contributed by atoms with Crippen molar-refractivity contribution in [2.45, 2.75) is 0 Å². The van der Waals surface area contributed by atoms with Crippen molar-refractivity contribution in [1.82, 2.24) is 15.3 Å². The lowest BCUT2D eigenvalue weighted by atomic mass is 10.1. The first-order valence-corrected chi connectivity index (χ1v) is 10.5. The molecule has 2 heterocycles. The van der Waals surface area contributed by atoms with Gasteiger partial charge in [-0.25, -0.2) is 4.98 Å². The zero-order valence-corrected chi connectivity index (χ0v) is 18.3. The molecule has 0 saturated heterocycles. The molecule has 0 atom stereocenters. The standard InChI is InChI=1S/C25H18N4O3S/c1-31-21-14-16-7-3-2-6-15(16)13-19(21)23(30)29-25(33)27-18-9-4-8-17(12-18)24-28-22-20(32-24)10-5-11-26-22/h2-14H,1H3,(H2,27,29,30,33). The van der Waals surface area contributed by atoms with Gasteiger partial charge >= 0.3 is 0 Å². The van der Waals surface area contributed by atoms with Crippen LogP contribution in [0.15, 0.2) is 83.4 Å². The van der Waals surface area contributed by atoms with E-state index in [1.807, 2.05) is 60.7 Å². The van der Waals surface area contributed by atoms with E-state index in [0.717, 1.165) is 16.3 Å². The molecule has 7 nitrogen and oxygen atoms in total. The summed E-state index contributed by atoms with van der Waals surface area (Å²) in [7, 11) is 1.53. The van der Waals surface area contributed by atoms with Crippen molar-refractivity contribution in [3.05, 3.63) is 84.6 Å². The highest BCUT2D eigenvalue weighted by atomic mass is 32.1. The molecule has 0 bridgehead atoms. The first-order chi connectivity index (χ1) is 16.1. The molecule has 2 aromatic heterocycles. The average Bonchev–Trinajstić information content (AvgIpc) is 3.27. The fraction of sp³-hybridized carbons (Fsp3) is 0.0400. The van der Waals surface area contributed by atoms with E-state index in [1.165, 1.54) is 7.11 Å². The smallest absolute Gasteiger partial charge is 0.261 e. The maximum atomic E-state index is 12.9. The molecule has 3 aromatic carbocycles. The van der Waals surface area contributed by atoms with Crippen LogP contribution in [0.2, 0.25) is 0 Å². The number of carbonyl (C=O) groups is 1. The Kier molecular flexibility index (Phi) is 5.42. The first-order valence-electron chi connectivity index (χ1n) is 10.1. The van der Waals surface area contributed by atoms with E-state index < -0.39 is 0 Å². The van der Waals surface area contributed by atoms with E-state index in [2.05, 4.69) is 20.6 Å². The molecule has 162 valence electrons. The van der Waals surface area contributed by atoms with E-state index in [1.54, 1.807) is 18.3 Å². The molecular weight excluding hydrogens is 436 g/mol. The number of methoxy groups -OCH3 is 1. The number of anilines is 1. The van der Waals surface area contributed by atoms with Gasteiger partial charge in [-0.2, -0.15) is 4.98 Å². The molecule has 1 amide bonds. The van der Waals surface area contributed by atoms with Gasteiger partial charge in [0, 0.05) is 17.4 Å². The molecule has 0 aliphatic heterocycles. The molecule has 5 aromatic rings. The summed E-state index contributed by atoms with van der Waals surface area (Å²) in [6, 6.07) is 22.4. The number of pyridine rings is 1. The number of hydrogen-bond donors (Lipinski definition) is 2. The molecule has 0 saturated carbocycles. The van der Waals surface area contributed by atoms with E-state index in [9.17, 15) is 4.79 Å². The highest BCUT2D eigenvalue weighted by Crippen LogP contribution is 2.27. The highest BCUT2D eigenvalue weighted by Gasteiger charge is 2.16. The van der Waals surface area contributed by atoms with Gasteiger partial charge in [-0.05, 0) is 65.5 Å². The zero-order valence-electron chi connectivity index (χ0n) is 17.5. The van der Waals surface area contributed by atoms with Gasteiger partial charge in [0.2, 0.25) is 5.89 Å². The first kappa shape index (κ1) is 20.6. The third kappa shape index (κ3) is 4.24. The van der Waals surface area contributed by atoms with Crippen LogP contribution in [0.1, 0.15) is 10.4 Å². The van der Waals surface area contributed by atoms with Gasteiger partial charge < -0.3 is 14.5 Å². The molecule has 5 rings (SSSR count). The van der Waals surface area contributed by atoms with Gasteiger partial charge in [-0.3, -0.25) is 10.1 Å². The lowest BCUT2D eigenvalue weighted by Gasteiger charge is -2.13. The van der Waals surface area contributed by atoms with Gasteiger partial charge in [0.05, 0.1) is 12.7 Å². The van der Waals surface area contributed by atoms with Crippen LogP contribution in [0.4, 0.5) is 5.69 Å². The number of aromatic nitrogens is 2. The molecule has 0 fully saturated rings. The van der Waals surface area contributed by atoms with Gasteiger partial charge in [0.15, 0.2) is 16.3 Å². The summed E-state index contributed by atoms with van der Waals surface area (Å²) < 4.78 is 11.2. The number of nitrogens with zero attached hydrogens (tertiary/aromatic N) is 2. The van der Waals surface area contributed by atoms with Gasteiger partial charge in [0.25, 0.3) is 5.91 Å². The van der Waals surface area contributed by atoms with Crippen LogP contribution in [-0.2, 0) is 0 Å². The Morgan fingerprint density at radius 1 is 1.00 bits per heavy atom. The van der Waals surface area contributed by atoms with Gasteiger partial charge in [0.1, 0.15) is 5.75 Å². The number of oxazole rings is 1. The van der Waals surface area contributed by atoms with Crippen molar-refractivity contribution in [3.8, 4) is 17.2 Å². The largest absolute Gasteiger partial charge is 0.496 e. The maximum Gasteiger partial charge on any atom is 0.261 e. The fourth-order valence-electron chi connectivity index (χ4n) is 3.52. The Morgan fingerprint density at radius 2 is 1.82 bits per heavy atom. The zero-order chi connectivity index (χ0) is 22.8. The van der Waals surface area contributed by atoms with Crippen LogP contribution in [0, 0.1) is 0 Å². The van der Waals surface area contributed by atoms with Crippen LogP contribution >= 0.6 is 12.2 Å². The molecule has 33 heavy (non-hydrogen) atoms. The fourth-order valence-corrected chi connectivity index (χ4v) is 3.73. The van der Waals surface area contributed by atoms with Gasteiger partial charge in [-0.15, -0.1) is 0 Å². The molecule has 0 spiro atoms. The Bertz CT molecular complexity index is 1480. The van der Waals surface area contributed by atoms with Crippen LogP contribution in [0.25, 0.3) is 33.5 Å². The second-order valence-electron chi connectivity index (χ2n) is 7.23. The Hall–Kier alpha value is -4.30. The molecular formula is C25H18N4O3S. The van der Waals surface area contributed by atoms with Crippen molar-refractivity contribution in [2.75, 3.05) is 12.4 Å². The highest BCUT2D eigenvalue weighted by molar-refractivity contribution is 7.80. The summed E-state index contributed by atoms with van der Waals surface area (Å²) in [4.78, 5) is 21.5. The number of hydrogen-bond acceptors (Lipinski definition) is 6. The number of amides is 1. The van der Waals surface area contributed by atoms with Crippen molar-refractivity contribution in [1.29, 1.82) is 0 Å². The monoisotopic (exact) mass is 454 g/mol. The lowest BCUT2D eigenvalue weighted by molar-refractivity contribution is 0.0975. The normalized spacial score (nSPS) is 10.8. The number of rotatable bonds is 4. The third-order valence-corrected chi connectivity index (χ3v) is 5.28. The quantitative estimate of drug-likeness (QED) is 0.362. The molecule has 0 aliphatic rings. The predicted molar refractivity (Wildman–Crippen MR) is 131 cm³/mol. The van der Waals surface area contributed by atoms with E-state index in [4.69, 9.17) is 21.4 Å². The topological polar surface area (TPSA) is 89.3 Å². The van der Waals surface area contributed by atoms with Crippen LogP contribution in [-0.4, -0.2) is 28.1 Å². The van der Waals surface area contributed by atoms with Crippen molar-refractivity contribution < 1.29 is 13.9 Å². The summed E-state index contributed by atoms with van der Waals surface area (Å²) in [6.07, 6.45) is 1.66. The second-order valence-corrected chi connectivity index (χ2v) is 7.64. The number of ether oxygens (including phenoxy) is 1. The minimum absolute atomic E-state index is 0.159. The third-order valence-electron chi connectivity index (χ3n) is 5.07. The Balaban J connectivity index is 1.34.